The third kappa shape index (κ3) is 29.3. The van der Waals surface area contributed by atoms with Crippen molar-refractivity contribution < 1.29 is 39.8 Å². The minimum absolute atomic E-state index is 0.188. The number of rotatable bonds is 39. The molecule has 1 heterocycles. The van der Waals surface area contributed by atoms with Gasteiger partial charge >= 0.3 is 0 Å². The zero-order valence-electron chi connectivity index (χ0n) is 36.6. The van der Waals surface area contributed by atoms with Crippen molar-refractivity contribution in [2.24, 2.45) is 0 Å². The van der Waals surface area contributed by atoms with Crippen LogP contribution in [0.15, 0.2) is 36.5 Å². The molecule has 57 heavy (non-hydrogen) atoms. The van der Waals surface area contributed by atoms with E-state index in [0.29, 0.717) is 6.42 Å². The third-order valence-corrected chi connectivity index (χ3v) is 11.2. The van der Waals surface area contributed by atoms with Gasteiger partial charge in [-0.05, 0) is 57.8 Å². The third-order valence-electron chi connectivity index (χ3n) is 11.2. The van der Waals surface area contributed by atoms with Gasteiger partial charge in [-0.15, -0.1) is 0 Å². The lowest BCUT2D eigenvalue weighted by Crippen LogP contribution is -2.60. The van der Waals surface area contributed by atoms with E-state index in [1.54, 1.807) is 6.08 Å². The summed E-state index contributed by atoms with van der Waals surface area (Å²) < 4.78 is 11.2. The maximum absolute atomic E-state index is 13.0. The molecule has 0 aliphatic carbocycles. The lowest BCUT2D eigenvalue weighted by molar-refractivity contribution is -0.302. The summed E-state index contributed by atoms with van der Waals surface area (Å²) in [6, 6.07) is -0.819. The average molecular weight is 808 g/mol. The van der Waals surface area contributed by atoms with Crippen molar-refractivity contribution in [3.63, 3.8) is 0 Å². The Morgan fingerprint density at radius 1 is 0.579 bits per heavy atom. The van der Waals surface area contributed by atoms with Crippen LogP contribution in [0.2, 0.25) is 0 Å². The quantitative estimate of drug-likeness (QED) is 0.0266. The standard InChI is InChI=1S/C48H89NO8/c1-3-5-7-9-11-13-15-17-18-19-20-21-22-23-24-26-28-30-32-34-36-38-44(52)49-41(40-56-48-47(55)46(54)45(53)43(39-50)57-48)42(51)37-35-33-31-29-27-25-16-14-12-10-8-6-4-2/h17-18,27,29,35,37,41-43,45-48,50-51,53-55H,3-16,19-26,28,30-34,36,38-40H2,1-2H3,(H,49,52)/b18-17+,29-27-,37-35+/t41-,42+,43?,45+,46?,47?,48+/m0/s1. The zero-order chi connectivity index (χ0) is 41.6. The van der Waals surface area contributed by atoms with Gasteiger partial charge in [0.1, 0.15) is 24.4 Å². The fraction of sp³-hybridized carbons (Fsp3) is 0.854. The Labute approximate surface area is 349 Å². The molecule has 0 aromatic heterocycles. The summed E-state index contributed by atoms with van der Waals surface area (Å²) in [4.78, 5) is 13.0. The minimum atomic E-state index is -1.57. The monoisotopic (exact) mass is 808 g/mol. The van der Waals surface area contributed by atoms with Crippen LogP contribution in [0.25, 0.3) is 0 Å². The molecule has 1 saturated heterocycles. The summed E-state index contributed by atoms with van der Waals surface area (Å²) in [6.07, 6.45) is 40.5. The maximum atomic E-state index is 13.0. The van der Waals surface area contributed by atoms with Crippen LogP contribution in [0.1, 0.15) is 206 Å². The first-order chi connectivity index (χ1) is 27.8. The smallest absolute Gasteiger partial charge is 0.220 e. The molecule has 7 atom stereocenters. The molecule has 9 nitrogen and oxygen atoms in total. The molecule has 1 aliphatic rings. The molecule has 9 heteroatoms. The van der Waals surface area contributed by atoms with Crippen molar-refractivity contribution >= 4 is 5.91 Å². The normalized spacial score (nSPS) is 21.3. The van der Waals surface area contributed by atoms with E-state index in [1.165, 1.54) is 148 Å². The van der Waals surface area contributed by atoms with Crippen LogP contribution in [0.3, 0.4) is 0 Å². The first-order valence-corrected chi connectivity index (χ1v) is 23.7. The van der Waals surface area contributed by atoms with Gasteiger partial charge in [0.15, 0.2) is 6.29 Å². The molecule has 0 spiro atoms. The van der Waals surface area contributed by atoms with Gasteiger partial charge in [0, 0.05) is 6.42 Å². The van der Waals surface area contributed by atoms with Crippen LogP contribution in [0.5, 0.6) is 0 Å². The largest absolute Gasteiger partial charge is 0.394 e. The summed E-state index contributed by atoms with van der Waals surface area (Å²) in [7, 11) is 0. The molecule has 0 aromatic carbocycles. The second-order valence-corrected chi connectivity index (χ2v) is 16.5. The highest BCUT2D eigenvalue weighted by Gasteiger charge is 2.44. The second-order valence-electron chi connectivity index (χ2n) is 16.5. The van der Waals surface area contributed by atoms with Crippen LogP contribution in [-0.2, 0) is 14.3 Å². The predicted molar refractivity (Wildman–Crippen MR) is 235 cm³/mol. The Hall–Kier alpha value is -1.59. The maximum Gasteiger partial charge on any atom is 0.220 e. The van der Waals surface area contributed by atoms with E-state index in [4.69, 9.17) is 9.47 Å². The van der Waals surface area contributed by atoms with E-state index < -0.39 is 49.5 Å². The summed E-state index contributed by atoms with van der Waals surface area (Å²) in [5, 5.41) is 54.1. The number of amides is 1. The first-order valence-electron chi connectivity index (χ1n) is 23.7. The molecular weight excluding hydrogens is 719 g/mol. The number of unbranched alkanes of at least 4 members (excludes halogenated alkanes) is 25. The van der Waals surface area contributed by atoms with Crippen molar-refractivity contribution in [2.75, 3.05) is 13.2 Å². The van der Waals surface area contributed by atoms with Gasteiger partial charge in [-0.1, -0.05) is 179 Å². The van der Waals surface area contributed by atoms with Gasteiger partial charge < -0.3 is 40.3 Å². The van der Waals surface area contributed by atoms with Crippen LogP contribution in [0, 0.1) is 0 Å². The molecule has 3 unspecified atom stereocenters. The SMILES string of the molecule is CCCCCCCC/C=C/CCCCCCCCCCCCCC(=O)N[C@@H](CO[C@@H]1OC(CO)[C@@H](O)C(O)C1O)[C@H](O)/C=C/CC/C=C\CCCCCCCCC. The Morgan fingerprint density at radius 2 is 1.00 bits per heavy atom. The van der Waals surface area contributed by atoms with Crippen molar-refractivity contribution in [3.8, 4) is 0 Å². The fourth-order valence-corrected chi connectivity index (χ4v) is 7.34. The fourth-order valence-electron chi connectivity index (χ4n) is 7.34. The molecular formula is C48H89NO8. The number of hydrogen-bond acceptors (Lipinski definition) is 8. The van der Waals surface area contributed by atoms with Crippen molar-refractivity contribution in [2.45, 2.75) is 249 Å². The number of ether oxygens (including phenoxy) is 2. The molecule has 0 bridgehead atoms. The number of carbonyl (C=O) groups excluding carboxylic acids is 1. The summed E-state index contributed by atoms with van der Waals surface area (Å²) >= 11 is 0. The molecule has 1 rings (SSSR count). The summed E-state index contributed by atoms with van der Waals surface area (Å²) in [5.41, 5.74) is 0. The number of allylic oxidation sites excluding steroid dienone is 5. The molecule has 1 amide bonds. The predicted octanol–water partition coefficient (Wildman–Crippen LogP) is 10.1. The van der Waals surface area contributed by atoms with Crippen molar-refractivity contribution in [1.29, 1.82) is 0 Å². The van der Waals surface area contributed by atoms with Gasteiger partial charge in [-0.2, -0.15) is 0 Å². The Balaban J connectivity index is 2.32. The summed E-state index contributed by atoms with van der Waals surface area (Å²) in [5.74, 6) is -0.188. The highest BCUT2D eigenvalue weighted by molar-refractivity contribution is 5.76. The van der Waals surface area contributed by atoms with Gasteiger partial charge in [0.05, 0.1) is 25.4 Å². The zero-order valence-corrected chi connectivity index (χ0v) is 36.6. The topological polar surface area (TPSA) is 149 Å². The highest BCUT2D eigenvalue weighted by Crippen LogP contribution is 2.22. The van der Waals surface area contributed by atoms with E-state index in [9.17, 15) is 30.3 Å². The number of carbonyl (C=O) groups is 1. The molecule has 1 aliphatic heterocycles. The molecule has 0 aromatic rings. The number of hydrogen-bond donors (Lipinski definition) is 6. The molecule has 0 radical (unpaired) electrons. The van der Waals surface area contributed by atoms with Gasteiger partial charge in [0.25, 0.3) is 0 Å². The van der Waals surface area contributed by atoms with Crippen LogP contribution in [0.4, 0.5) is 0 Å². The molecule has 1 fully saturated rings. The Kier molecular flexibility index (Phi) is 36.2. The Bertz CT molecular complexity index is 987. The second kappa shape index (κ2) is 38.6. The first kappa shape index (κ1) is 53.4. The van der Waals surface area contributed by atoms with E-state index in [0.717, 1.165) is 38.5 Å². The molecule has 0 saturated carbocycles. The molecule has 334 valence electrons. The van der Waals surface area contributed by atoms with E-state index in [1.807, 2.05) is 6.08 Å². The number of aliphatic hydroxyl groups is 5. The average Bonchev–Trinajstić information content (AvgIpc) is 3.21. The van der Waals surface area contributed by atoms with E-state index >= 15 is 0 Å². The van der Waals surface area contributed by atoms with E-state index in [2.05, 4.69) is 43.5 Å². The summed E-state index contributed by atoms with van der Waals surface area (Å²) in [6.45, 7) is 3.74. The lowest BCUT2D eigenvalue weighted by atomic mass is 9.99. The number of aliphatic hydroxyl groups excluding tert-OH is 5. The van der Waals surface area contributed by atoms with Crippen LogP contribution < -0.4 is 5.32 Å². The lowest BCUT2D eigenvalue weighted by Gasteiger charge is -2.40. The van der Waals surface area contributed by atoms with Gasteiger partial charge in [-0.3, -0.25) is 4.79 Å². The van der Waals surface area contributed by atoms with Crippen LogP contribution in [-0.4, -0.2) is 87.5 Å². The number of nitrogens with one attached hydrogen (secondary N) is 1. The van der Waals surface area contributed by atoms with Crippen molar-refractivity contribution in [3.05, 3.63) is 36.5 Å². The van der Waals surface area contributed by atoms with Crippen molar-refractivity contribution in [1.82, 2.24) is 5.32 Å². The highest BCUT2D eigenvalue weighted by atomic mass is 16.7. The van der Waals surface area contributed by atoms with Crippen LogP contribution >= 0.6 is 0 Å². The Morgan fingerprint density at radius 3 is 1.47 bits per heavy atom. The minimum Gasteiger partial charge on any atom is -0.394 e. The van der Waals surface area contributed by atoms with Gasteiger partial charge in [0.2, 0.25) is 5.91 Å². The van der Waals surface area contributed by atoms with Gasteiger partial charge in [-0.25, -0.2) is 0 Å². The molecule has 6 N–H and O–H groups in total. The van der Waals surface area contributed by atoms with E-state index in [-0.39, 0.29) is 12.5 Å².